The largest absolute Gasteiger partial charge is 0.378 e. The molecule has 0 atom stereocenters. The average Bonchev–Trinajstić information content (AvgIpc) is 2.80. The molecule has 2 aliphatic heterocycles. The summed E-state index contributed by atoms with van der Waals surface area (Å²) in [5, 5.41) is 3.91. The zero-order chi connectivity index (χ0) is 20.3. The summed E-state index contributed by atoms with van der Waals surface area (Å²) in [6.07, 6.45) is 1.40. The first kappa shape index (κ1) is 18.9. The maximum atomic E-state index is 13.6. The zero-order valence-electron chi connectivity index (χ0n) is 16.4. The Kier molecular flexibility index (Phi) is 5.24. The van der Waals surface area contributed by atoms with Crippen LogP contribution >= 0.6 is 0 Å². The van der Waals surface area contributed by atoms with Gasteiger partial charge in [0.1, 0.15) is 29.6 Å². The Labute approximate surface area is 172 Å². The van der Waals surface area contributed by atoms with Gasteiger partial charge in [0, 0.05) is 43.7 Å². The highest BCUT2D eigenvalue weighted by Gasteiger charge is 2.19. The third-order valence-electron chi connectivity index (χ3n) is 5.20. The second-order valence-electron chi connectivity index (χ2n) is 7.12. The number of halogens is 1. The van der Waals surface area contributed by atoms with Crippen molar-refractivity contribution in [3.8, 4) is 0 Å². The van der Waals surface area contributed by atoms with E-state index in [0.717, 1.165) is 37.8 Å². The van der Waals surface area contributed by atoms with Crippen LogP contribution in [0.2, 0.25) is 0 Å². The SMILES string of the molecule is Fc1ccc2c(Nc3nc(N4CCOCC4)cc(N4CCOCC4)n3)ncnc2c1. The maximum absolute atomic E-state index is 13.6. The van der Waals surface area contributed by atoms with Gasteiger partial charge < -0.3 is 24.6 Å². The van der Waals surface area contributed by atoms with Crippen molar-refractivity contribution in [2.24, 2.45) is 0 Å². The standard InChI is InChI=1S/C20H22FN7O2/c21-14-1-2-15-16(11-14)22-13-23-19(15)26-20-24-17(27-3-7-29-8-4-27)12-18(25-20)28-5-9-30-10-6-28/h1-2,11-13H,3-10H2,(H,22,23,24,25,26). The Bertz CT molecular complexity index is 1000. The molecule has 1 N–H and O–H groups in total. The lowest BCUT2D eigenvalue weighted by molar-refractivity contribution is 0.122. The molecule has 4 heterocycles. The molecule has 5 rings (SSSR count). The van der Waals surface area contributed by atoms with Gasteiger partial charge in [-0.3, -0.25) is 0 Å². The highest BCUT2D eigenvalue weighted by Crippen LogP contribution is 2.26. The topological polar surface area (TPSA) is 88.5 Å². The van der Waals surface area contributed by atoms with Crippen LogP contribution in [0.5, 0.6) is 0 Å². The first-order chi connectivity index (χ1) is 14.8. The first-order valence-electron chi connectivity index (χ1n) is 9.98. The molecule has 3 aromatic rings. The first-order valence-corrected chi connectivity index (χ1v) is 9.98. The lowest BCUT2D eigenvalue weighted by atomic mass is 10.2. The van der Waals surface area contributed by atoms with Crippen molar-refractivity contribution in [1.29, 1.82) is 0 Å². The summed E-state index contributed by atoms with van der Waals surface area (Å²) in [4.78, 5) is 22.3. The molecule has 0 saturated carbocycles. The number of ether oxygens (including phenoxy) is 2. The van der Waals surface area contributed by atoms with Gasteiger partial charge in [0.25, 0.3) is 0 Å². The molecule has 156 valence electrons. The molecule has 0 radical (unpaired) electrons. The average molecular weight is 411 g/mol. The van der Waals surface area contributed by atoms with Crippen molar-refractivity contribution in [1.82, 2.24) is 19.9 Å². The summed E-state index contributed by atoms with van der Waals surface area (Å²) in [6, 6.07) is 6.43. The van der Waals surface area contributed by atoms with Crippen LogP contribution in [-0.4, -0.2) is 72.5 Å². The van der Waals surface area contributed by atoms with Crippen LogP contribution in [-0.2, 0) is 9.47 Å². The van der Waals surface area contributed by atoms with Gasteiger partial charge in [-0.05, 0) is 12.1 Å². The molecule has 0 amide bonds. The molecule has 9 nitrogen and oxygen atoms in total. The highest BCUT2D eigenvalue weighted by molar-refractivity contribution is 5.90. The summed E-state index contributed by atoms with van der Waals surface area (Å²) < 4.78 is 24.5. The van der Waals surface area contributed by atoms with Crippen molar-refractivity contribution < 1.29 is 13.9 Å². The summed E-state index contributed by atoms with van der Waals surface area (Å²) in [5.41, 5.74) is 0.519. The van der Waals surface area contributed by atoms with E-state index in [-0.39, 0.29) is 5.82 Å². The van der Waals surface area contributed by atoms with Crippen LogP contribution in [0.1, 0.15) is 0 Å². The number of rotatable bonds is 4. The lowest BCUT2D eigenvalue weighted by Crippen LogP contribution is -2.39. The molecule has 30 heavy (non-hydrogen) atoms. The van der Waals surface area contributed by atoms with Crippen LogP contribution in [0, 0.1) is 5.82 Å². The molecule has 10 heteroatoms. The Balaban J connectivity index is 1.52. The second kappa shape index (κ2) is 8.33. The van der Waals surface area contributed by atoms with Crippen molar-refractivity contribution in [3.05, 3.63) is 36.4 Å². The van der Waals surface area contributed by atoms with E-state index in [0.29, 0.717) is 49.1 Å². The smallest absolute Gasteiger partial charge is 0.232 e. The normalized spacial score (nSPS) is 17.4. The number of anilines is 4. The molecule has 1 aromatic carbocycles. The zero-order valence-corrected chi connectivity index (χ0v) is 16.4. The van der Waals surface area contributed by atoms with E-state index in [2.05, 4.69) is 25.1 Å². The van der Waals surface area contributed by atoms with E-state index >= 15 is 0 Å². The summed E-state index contributed by atoms with van der Waals surface area (Å²) in [6.45, 7) is 5.76. The van der Waals surface area contributed by atoms with E-state index in [1.54, 1.807) is 6.07 Å². The van der Waals surface area contributed by atoms with Crippen molar-refractivity contribution in [3.63, 3.8) is 0 Å². The van der Waals surface area contributed by atoms with Crippen molar-refractivity contribution in [2.75, 3.05) is 67.7 Å². The van der Waals surface area contributed by atoms with Gasteiger partial charge in [0.2, 0.25) is 5.95 Å². The molecule has 0 aliphatic carbocycles. The van der Waals surface area contributed by atoms with Gasteiger partial charge in [-0.15, -0.1) is 0 Å². The Morgan fingerprint density at radius 2 is 1.47 bits per heavy atom. The van der Waals surface area contributed by atoms with Crippen LogP contribution in [0.4, 0.5) is 27.8 Å². The van der Waals surface area contributed by atoms with Gasteiger partial charge in [-0.25, -0.2) is 14.4 Å². The van der Waals surface area contributed by atoms with Gasteiger partial charge in [-0.1, -0.05) is 0 Å². The summed E-state index contributed by atoms with van der Waals surface area (Å²) in [7, 11) is 0. The van der Waals surface area contributed by atoms with Gasteiger partial charge in [-0.2, -0.15) is 9.97 Å². The molecule has 2 aromatic heterocycles. The predicted molar refractivity (Wildman–Crippen MR) is 111 cm³/mol. The number of fused-ring (bicyclic) bond motifs is 1. The van der Waals surface area contributed by atoms with E-state index in [4.69, 9.17) is 19.4 Å². The minimum Gasteiger partial charge on any atom is -0.378 e. The molecule has 2 aliphatic rings. The lowest BCUT2D eigenvalue weighted by Gasteiger charge is -2.31. The van der Waals surface area contributed by atoms with E-state index in [1.807, 2.05) is 6.07 Å². The third kappa shape index (κ3) is 3.96. The van der Waals surface area contributed by atoms with Crippen LogP contribution in [0.3, 0.4) is 0 Å². The minimum absolute atomic E-state index is 0.340. The third-order valence-corrected chi connectivity index (χ3v) is 5.20. The number of benzene rings is 1. The van der Waals surface area contributed by atoms with Gasteiger partial charge in [0.05, 0.1) is 31.9 Å². The van der Waals surface area contributed by atoms with Gasteiger partial charge in [0.15, 0.2) is 0 Å². The quantitative estimate of drug-likeness (QED) is 0.692. The summed E-state index contributed by atoms with van der Waals surface area (Å²) >= 11 is 0. The van der Waals surface area contributed by atoms with Crippen molar-refractivity contribution in [2.45, 2.75) is 0 Å². The fourth-order valence-corrected chi connectivity index (χ4v) is 3.62. The fourth-order valence-electron chi connectivity index (χ4n) is 3.62. The van der Waals surface area contributed by atoms with E-state index in [9.17, 15) is 4.39 Å². The number of hydrogen-bond acceptors (Lipinski definition) is 9. The maximum Gasteiger partial charge on any atom is 0.232 e. The Morgan fingerprint density at radius 1 is 0.833 bits per heavy atom. The molecule has 0 spiro atoms. The molecular formula is C20H22FN7O2. The number of hydrogen-bond donors (Lipinski definition) is 1. The number of nitrogens with one attached hydrogen (secondary N) is 1. The minimum atomic E-state index is -0.340. The van der Waals surface area contributed by atoms with Crippen molar-refractivity contribution >= 4 is 34.3 Å². The highest BCUT2D eigenvalue weighted by atomic mass is 19.1. The molecule has 0 bridgehead atoms. The van der Waals surface area contributed by atoms with Gasteiger partial charge >= 0.3 is 0 Å². The number of aromatic nitrogens is 4. The molecular weight excluding hydrogens is 389 g/mol. The molecule has 0 unspecified atom stereocenters. The Hall–Kier alpha value is -3.11. The van der Waals surface area contributed by atoms with E-state index in [1.165, 1.54) is 18.5 Å². The fraction of sp³-hybridized carbons (Fsp3) is 0.400. The Morgan fingerprint density at radius 3 is 2.10 bits per heavy atom. The summed E-state index contributed by atoms with van der Waals surface area (Å²) in [5.74, 6) is 2.30. The van der Waals surface area contributed by atoms with Crippen LogP contribution < -0.4 is 15.1 Å². The predicted octanol–water partition coefficient (Wildman–Crippen LogP) is 1.98. The monoisotopic (exact) mass is 411 g/mol. The van der Waals surface area contributed by atoms with Crippen LogP contribution in [0.15, 0.2) is 30.6 Å². The van der Waals surface area contributed by atoms with Crippen LogP contribution in [0.25, 0.3) is 10.9 Å². The molecule has 2 saturated heterocycles. The molecule has 2 fully saturated rings. The number of nitrogens with zero attached hydrogens (tertiary/aromatic N) is 6. The number of morpholine rings is 2. The second-order valence-corrected chi connectivity index (χ2v) is 7.12. The van der Waals surface area contributed by atoms with E-state index < -0.39 is 0 Å².